The van der Waals surface area contributed by atoms with Crippen LogP contribution in [-0.4, -0.2) is 17.1 Å². The van der Waals surface area contributed by atoms with Gasteiger partial charge in [0, 0.05) is 18.3 Å². The van der Waals surface area contributed by atoms with Crippen LogP contribution < -0.4 is 10.5 Å². The molecule has 2 N–H and O–H groups in total. The molecule has 1 fully saturated rings. The van der Waals surface area contributed by atoms with Crippen molar-refractivity contribution >= 4 is 0 Å². The molecule has 0 amide bonds. The average Bonchev–Trinajstić information content (AvgIpc) is 2.32. The van der Waals surface area contributed by atoms with Gasteiger partial charge in [0.25, 0.3) is 0 Å². The van der Waals surface area contributed by atoms with Gasteiger partial charge in [0.2, 0.25) is 5.88 Å². The average molecular weight is 260 g/mol. The molecule has 0 bridgehead atoms. The third kappa shape index (κ3) is 3.35. The fourth-order valence-electron chi connectivity index (χ4n) is 1.99. The van der Waals surface area contributed by atoms with Crippen molar-refractivity contribution < 1.29 is 17.9 Å². The first kappa shape index (κ1) is 13.1. The second-order valence-electron chi connectivity index (χ2n) is 4.54. The van der Waals surface area contributed by atoms with Gasteiger partial charge in [-0.2, -0.15) is 13.2 Å². The van der Waals surface area contributed by atoms with Crippen LogP contribution in [0.25, 0.3) is 0 Å². The number of alkyl halides is 3. The molecule has 1 aromatic heterocycles. The molecule has 2 rings (SSSR count). The number of nitrogens with two attached hydrogens (primary N) is 1. The van der Waals surface area contributed by atoms with E-state index in [2.05, 4.69) is 4.98 Å². The summed E-state index contributed by atoms with van der Waals surface area (Å²) < 4.78 is 42.5. The molecule has 0 aromatic carbocycles. The highest BCUT2D eigenvalue weighted by Crippen LogP contribution is 2.29. The second-order valence-corrected chi connectivity index (χ2v) is 4.54. The Hall–Kier alpha value is -1.30. The normalized spacial score (nSPS) is 24.9. The van der Waals surface area contributed by atoms with E-state index in [1.807, 2.05) is 0 Å². The van der Waals surface area contributed by atoms with E-state index in [9.17, 15) is 13.2 Å². The van der Waals surface area contributed by atoms with Gasteiger partial charge < -0.3 is 10.5 Å². The minimum Gasteiger partial charge on any atom is -0.474 e. The van der Waals surface area contributed by atoms with Gasteiger partial charge in [0.05, 0.1) is 5.56 Å². The van der Waals surface area contributed by atoms with Crippen molar-refractivity contribution in [2.24, 2.45) is 5.73 Å². The largest absolute Gasteiger partial charge is 0.474 e. The van der Waals surface area contributed by atoms with Gasteiger partial charge in [-0.25, -0.2) is 4.98 Å². The van der Waals surface area contributed by atoms with Crippen LogP contribution in [0.3, 0.4) is 0 Å². The zero-order chi connectivity index (χ0) is 13.2. The smallest absolute Gasteiger partial charge is 0.417 e. The maximum atomic E-state index is 12.3. The first-order chi connectivity index (χ1) is 8.45. The van der Waals surface area contributed by atoms with E-state index >= 15 is 0 Å². The predicted octanol–water partition coefficient (Wildman–Crippen LogP) is 2.75. The molecule has 0 aliphatic heterocycles. The third-order valence-corrected chi connectivity index (χ3v) is 3.07. The quantitative estimate of drug-likeness (QED) is 0.889. The lowest BCUT2D eigenvalue weighted by molar-refractivity contribution is -0.137. The van der Waals surface area contributed by atoms with Crippen molar-refractivity contribution in [1.82, 2.24) is 4.98 Å². The summed E-state index contributed by atoms with van der Waals surface area (Å²) in [6.07, 6.45) is -0.147. The Morgan fingerprint density at radius 1 is 1.17 bits per heavy atom. The summed E-state index contributed by atoms with van der Waals surface area (Å²) in [7, 11) is 0. The molecule has 0 unspecified atom stereocenters. The first-order valence-corrected chi connectivity index (χ1v) is 5.90. The molecule has 0 spiro atoms. The molecule has 1 saturated carbocycles. The Labute approximate surface area is 103 Å². The standard InChI is InChI=1S/C12H15F3N2O/c13-12(14,15)8-1-6-11(17-7-8)18-10-4-2-9(16)3-5-10/h1,6-7,9-10H,2-5,16H2. The highest BCUT2D eigenvalue weighted by molar-refractivity contribution is 5.20. The fraction of sp³-hybridized carbons (Fsp3) is 0.583. The SMILES string of the molecule is NC1CCC(Oc2ccc(C(F)(F)F)cn2)CC1. The topological polar surface area (TPSA) is 48.1 Å². The highest BCUT2D eigenvalue weighted by Gasteiger charge is 2.31. The van der Waals surface area contributed by atoms with E-state index in [4.69, 9.17) is 10.5 Å². The van der Waals surface area contributed by atoms with Gasteiger partial charge in [-0.05, 0) is 31.7 Å². The number of halogens is 3. The molecule has 18 heavy (non-hydrogen) atoms. The Kier molecular flexibility index (Phi) is 3.75. The molecule has 0 saturated heterocycles. The number of hydrogen-bond acceptors (Lipinski definition) is 3. The molecule has 6 heteroatoms. The predicted molar refractivity (Wildman–Crippen MR) is 60.1 cm³/mol. The molecular weight excluding hydrogens is 245 g/mol. The molecule has 1 aromatic rings. The number of aromatic nitrogens is 1. The van der Waals surface area contributed by atoms with Crippen molar-refractivity contribution in [1.29, 1.82) is 0 Å². The van der Waals surface area contributed by atoms with E-state index in [0.29, 0.717) is 0 Å². The Bertz CT molecular complexity index is 383. The Balaban J connectivity index is 1.94. The van der Waals surface area contributed by atoms with Crippen molar-refractivity contribution in [2.75, 3.05) is 0 Å². The van der Waals surface area contributed by atoms with Crippen LogP contribution in [0, 0.1) is 0 Å². The van der Waals surface area contributed by atoms with Crippen LogP contribution in [0.4, 0.5) is 13.2 Å². The molecule has 1 heterocycles. The zero-order valence-corrected chi connectivity index (χ0v) is 9.78. The number of ether oxygens (including phenoxy) is 1. The van der Waals surface area contributed by atoms with Crippen molar-refractivity contribution in [3.05, 3.63) is 23.9 Å². The van der Waals surface area contributed by atoms with E-state index in [1.54, 1.807) is 0 Å². The summed E-state index contributed by atoms with van der Waals surface area (Å²) in [4.78, 5) is 3.68. The van der Waals surface area contributed by atoms with Crippen molar-refractivity contribution in [2.45, 2.75) is 44.0 Å². The van der Waals surface area contributed by atoms with E-state index < -0.39 is 11.7 Å². The lowest BCUT2D eigenvalue weighted by Gasteiger charge is -2.26. The van der Waals surface area contributed by atoms with Crippen LogP contribution in [0.2, 0.25) is 0 Å². The van der Waals surface area contributed by atoms with Crippen LogP contribution in [0.15, 0.2) is 18.3 Å². The van der Waals surface area contributed by atoms with Crippen LogP contribution in [0.5, 0.6) is 5.88 Å². The number of pyridine rings is 1. The molecule has 100 valence electrons. The van der Waals surface area contributed by atoms with Crippen molar-refractivity contribution in [3.8, 4) is 5.88 Å². The molecular formula is C12H15F3N2O. The fourth-order valence-corrected chi connectivity index (χ4v) is 1.99. The van der Waals surface area contributed by atoms with E-state index in [-0.39, 0.29) is 18.0 Å². The summed E-state index contributed by atoms with van der Waals surface area (Å²) in [6, 6.07) is 2.46. The Morgan fingerprint density at radius 3 is 2.33 bits per heavy atom. The molecule has 1 aliphatic rings. The van der Waals surface area contributed by atoms with Gasteiger partial charge in [-0.15, -0.1) is 0 Å². The third-order valence-electron chi connectivity index (χ3n) is 3.07. The molecule has 0 radical (unpaired) electrons. The minimum atomic E-state index is -4.36. The monoisotopic (exact) mass is 260 g/mol. The van der Waals surface area contributed by atoms with Gasteiger partial charge in [0.15, 0.2) is 0 Å². The summed E-state index contributed by atoms with van der Waals surface area (Å²) in [5.41, 5.74) is 5.00. The van der Waals surface area contributed by atoms with Crippen LogP contribution in [-0.2, 0) is 6.18 Å². The summed E-state index contributed by atoms with van der Waals surface area (Å²) in [5, 5.41) is 0. The minimum absolute atomic E-state index is 0.00837. The summed E-state index contributed by atoms with van der Waals surface area (Å²) >= 11 is 0. The highest BCUT2D eigenvalue weighted by atomic mass is 19.4. The Morgan fingerprint density at radius 2 is 1.83 bits per heavy atom. The van der Waals surface area contributed by atoms with E-state index in [1.165, 1.54) is 6.07 Å². The van der Waals surface area contributed by atoms with Crippen LogP contribution in [0.1, 0.15) is 31.2 Å². The zero-order valence-electron chi connectivity index (χ0n) is 9.78. The first-order valence-electron chi connectivity index (χ1n) is 5.90. The summed E-state index contributed by atoms with van der Waals surface area (Å²) in [5.74, 6) is 0.239. The van der Waals surface area contributed by atoms with Gasteiger partial charge >= 0.3 is 6.18 Å². The van der Waals surface area contributed by atoms with Crippen molar-refractivity contribution in [3.63, 3.8) is 0 Å². The molecule has 0 atom stereocenters. The number of nitrogens with zero attached hydrogens (tertiary/aromatic N) is 1. The number of hydrogen-bond donors (Lipinski definition) is 1. The lowest BCUT2D eigenvalue weighted by Crippen LogP contribution is -2.31. The lowest BCUT2D eigenvalue weighted by atomic mass is 9.94. The summed E-state index contributed by atoms with van der Waals surface area (Å²) in [6.45, 7) is 0. The molecule has 1 aliphatic carbocycles. The second kappa shape index (κ2) is 5.14. The van der Waals surface area contributed by atoms with Gasteiger partial charge in [-0.1, -0.05) is 0 Å². The molecule has 3 nitrogen and oxygen atoms in total. The van der Waals surface area contributed by atoms with Gasteiger partial charge in [0.1, 0.15) is 6.10 Å². The van der Waals surface area contributed by atoms with Crippen LogP contribution >= 0.6 is 0 Å². The van der Waals surface area contributed by atoms with E-state index in [0.717, 1.165) is 37.9 Å². The maximum Gasteiger partial charge on any atom is 0.417 e. The van der Waals surface area contributed by atoms with Gasteiger partial charge in [-0.3, -0.25) is 0 Å². The number of rotatable bonds is 2. The maximum absolute atomic E-state index is 12.3.